The number of esters is 1. The number of ether oxygens (including phenoxy) is 3. The van der Waals surface area contributed by atoms with Gasteiger partial charge in [-0.1, -0.05) is 68.8 Å². The molecule has 0 bridgehead atoms. The van der Waals surface area contributed by atoms with E-state index in [9.17, 15) is 4.79 Å². The second-order valence-corrected chi connectivity index (χ2v) is 9.58. The van der Waals surface area contributed by atoms with Gasteiger partial charge in [0, 0.05) is 5.56 Å². The first-order chi connectivity index (χ1) is 16.7. The van der Waals surface area contributed by atoms with Gasteiger partial charge >= 0.3 is 5.97 Å². The summed E-state index contributed by atoms with van der Waals surface area (Å²) in [4.78, 5) is 16.9. The fourth-order valence-electron chi connectivity index (χ4n) is 3.65. The topological polar surface area (TPSA) is 57.1 Å². The number of nitrogens with zero attached hydrogens (tertiary/aromatic N) is 1. The van der Waals surface area contributed by atoms with Gasteiger partial charge in [-0.25, -0.2) is 9.79 Å². The van der Waals surface area contributed by atoms with E-state index in [-0.39, 0.29) is 11.1 Å². The van der Waals surface area contributed by atoms with Gasteiger partial charge in [0.05, 0.1) is 6.61 Å². The normalized spacial score (nSPS) is 14.6. The highest BCUT2D eigenvalue weighted by atomic mass is 16.6. The first kappa shape index (κ1) is 24.3. The molecule has 0 radical (unpaired) electrons. The van der Waals surface area contributed by atoms with Crippen LogP contribution in [0.4, 0.5) is 0 Å². The molecular formula is C30H31NO4. The zero-order valence-electron chi connectivity index (χ0n) is 20.9. The molecule has 0 aliphatic carbocycles. The van der Waals surface area contributed by atoms with Crippen molar-refractivity contribution >= 4 is 17.9 Å². The van der Waals surface area contributed by atoms with Gasteiger partial charge in [0.1, 0.15) is 6.61 Å². The van der Waals surface area contributed by atoms with Crippen LogP contribution in [0.3, 0.4) is 0 Å². The molecular weight excluding hydrogens is 438 g/mol. The van der Waals surface area contributed by atoms with Crippen LogP contribution in [-0.4, -0.2) is 18.5 Å². The predicted molar refractivity (Wildman–Crippen MR) is 139 cm³/mol. The number of hydrogen-bond donors (Lipinski definition) is 0. The van der Waals surface area contributed by atoms with E-state index in [1.54, 1.807) is 6.08 Å². The van der Waals surface area contributed by atoms with Crippen molar-refractivity contribution in [2.45, 2.75) is 46.6 Å². The zero-order valence-corrected chi connectivity index (χ0v) is 20.9. The van der Waals surface area contributed by atoms with Gasteiger partial charge < -0.3 is 14.2 Å². The molecule has 0 atom stereocenters. The molecule has 1 aliphatic heterocycles. The van der Waals surface area contributed by atoms with E-state index in [0.717, 1.165) is 16.7 Å². The van der Waals surface area contributed by atoms with Crippen LogP contribution in [0.5, 0.6) is 11.5 Å². The number of rotatable bonds is 7. The van der Waals surface area contributed by atoms with Crippen LogP contribution in [0.2, 0.25) is 0 Å². The Morgan fingerprint density at radius 3 is 2.29 bits per heavy atom. The van der Waals surface area contributed by atoms with Gasteiger partial charge in [-0.05, 0) is 66.3 Å². The molecule has 35 heavy (non-hydrogen) atoms. The van der Waals surface area contributed by atoms with Crippen molar-refractivity contribution in [3.63, 3.8) is 0 Å². The molecule has 5 heteroatoms. The van der Waals surface area contributed by atoms with Crippen molar-refractivity contribution in [3.05, 3.63) is 100 Å². The van der Waals surface area contributed by atoms with E-state index in [1.165, 1.54) is 11.1 Å². The predicted octanol–water partition coefficient (Wildman–Crippen LogP) is 6.61. The molecule has 0 N–H and O–H groups in total. The Morgan fingerprint density at radius 1 is 0.914 bits per heavy atom. The van der Waals surface area contributed by atoms with Crippen molar-refractivity contribution in [2.75, 3.05) is 6.61 Å². The van der Waals surface area contributed by atoms with E-state index in [1.807, 2.05) is 61.5 Å². The van der Waals surface area contributed by atoms with Crippen LogP contribution < -0.4 is 9.47 Å². The second-order valence-electron chi connectivity index (χ2n) is 9.58. The highest BCUT2D eigenvalue weighted by molar-refractivity contribution is 6.12. The molecule has 0 saturated heterocycles. The third-order valence-corrected chi connectivity index (χ3v) is 5.70. The lowest BCUT2D eigenvalue weighted by Crippen LogP contribution is -2.11. The molecule has 4 rings (SSSR count). The van der Waals surface area contributed by atoms with Crippen LogP contribution in [0.1, 0.15) is 55.5 Å². The van der Waals surface area contributed by atoms with Gasteiger partial charge in [0.2, 0.25) is 5.90 Å². The number of aliphatic imine (C=N–C) groups is 1. The highest BCUT2D eigenvalue weighted by Gasteiger charge is 2.25. The Kier molecular flexibility index (Phi) is 7.06. The van der Waals surface area contributed by atoms with E-state index < -0.39 is 5.97 Å². The summed E-state index contributed by atoms with van der Waals surface area (Å²) in [5, 5.41) is 0. The number of cyclic esters (lactones) is 1. The van der Waals surface area contributed by atoms with Gasteiger partial charge in [-0.3, -0.25) is 0 Å². The quantitative estimate of drug-likeness (QED) is 0.288. The van der Waals surface area contributed by atoms with Crippen molar-refractivity contribution in [1.29, 1.82) is 0 Å². The number of aryl methyl sites for hydroxylation is 1. The minimum atomic E-state index is -0.474. The Bertz CT molecular complexity index is 1260. The molecule has 0 aromatic heterocycles. The molecule has 5 nitrogen and oxygen atoms in total. The molecule has 0 amide bonds. The summed E-state index contributed by atoms with van der Waals surface area (Å²) in [5.41, 5.74) is 5.33. The fraction of sp³-hybridized carbons (Fsp3) is 0.267. The summed E-state index contributed by atoms with van der Waals surface area (Å²) in [6.45, 7) is 11.4. The Labute approximate surface area is 207 Å². The first-order valence-corrected chi connectivity index (χ1v) is 11.8. The minimum Gasteiger partial charge on any atom is -0.490 e. The van der Waals surface area contributed by atoms with Crippen LogP contribution in [0, 0.1) is 6.92 Å². The third-order valence-electron chi connectivity index (χ3n) is 5.70. The Morgan fingerprint density at radius 2 is 1.63 bits per heavy atom. The standard InChI is InChI=1S/C30H31NO4/c1-6-33-27-18-22(11-16-26(27)34-19-21-9-7-20(2)8-10-21)17-25-29(32)35-28(31-25)23-12-14-24(15-13-23)30(3,4)5/h7-18H,6,19H2,1-5H3/b25-17+. The van der Waals surface area contributed by atoms with Gasteiger partial charge in [-0.15, -0.1) is 0 Å². The SMILES string of the molecule is CCOc1cc(/C=C2/N=C(c3ccc(C(C)(C)C)cc3)OC2=O)ccc1OCc1ccc(C)cc1. The lowest BCUT2D eigenvalue weighted by atomic mass is 9.87. The molecule has 1 heterocycles. The van der Waals surface area contributed by atoms with Gasteiger partial charge in [0.25, 0.3) is 0 Å². The third kappa shape index (κ3) is 5.99. The lowest BCUT2D eigenvalue weighted by molar-refractivity contribution is -0.129. The van der Waals surface area contributed by atoms with Crippen LogP contribution in [0.15, 0.2) is 77.4 Å². The van der Waals surface area contributed by atoms with Crippen molar-refractivity contribution < 1.29 is 19.0 Å². The number of carbonyl (C=O) groups is 1. The maximum Gasteiger partial charge on any atom is 0.363 e. The van der Waals surface area contributed by atoms with Crippen LogP contribution >= 0.6 is 0 Å². The van der Waals surface area contributed by atoms with Crippen molar-refractivity contribution in [1.82, 2.24) is 0 Å². The molecule has 0 fully saturated rings. The summed E-state index contributed by atoms with van der Waals surface area (Å²) >= 11 is 0. The van der Waals surface area contributed by atoms with E-state index >= 15 is 0 Å². The maximum atomic E-state index is 12.5. The van der Waals surface area contributed by atoms with Crippen molar-refractivity contribution in [2.24, 2.45) is 4.99 Å². The maximum absolute atomic E-state index is 12.5. The van der Waals surface area contributed by atoms with Crippen molar-refractivity contribution in [3.8, 4) is 11.5 Å². The van der Waals surface area contributed by atoms with Gasteiger partial charge in [0.15, 0.2) is 17.2 Å². The van der Waals surface area contributed by atoms with Gasteiger partial charge in [-0.2, -0.15) is 0 Å². The average molecular weight is 470 g/mol. The molecule has 1 aliphatic rings. The van der Waals surface area contributed by atoms with E-state index in [2.05, 4.69) is 44.8 Å². The summed E-state index contributed by atoms with van der Waals surface area (Å²) < 4.78 is 17.2. The van der Waals surface area contributed by atoms with E-state index in [0.29, 0.717) is 30.6 Å². The summed E-state index contributed by atoms with van der Waals surface area (Å²) in [7, 11) is 0. The summed E-state index contributed by atoms with van der Waals surface area (Å²) in [5.74, 6) is 1.09. The number of benzene rings is 3. The highest BCUT2D eigenvalue weighted by Crippen LogP contribution is 2.31. The fourth-order valence-corrected chi connectivity index (χ4v) is 3.65. The largest absolute Gasteiger partial charge is 0.490 e. The average Bonchev–Trinajstić information content (AvgIpc) is 3.19. The Balaban J connectivity index is 1.53. The lowest BCUT2D eigenvalue weighted by Gasteiger charge is -2.18. The number of hydrogen-bond acceptors (Lipinski definition) is 5. The summed E-state index contributed by atoms with van der Waals surface area (Å²) in [6.07, 6.45) is 1.70. The molecule has 0 spiro atoms. The summed E-state index contributed by atoms with van der Waals surface area (Å²) in [6, 6.07) is 21.7. The molecule has 0 saturated carbocycles. The molecule has 180 valence electrons. The molecule has 3 aromatic carbocycles. The second kappa shape index (κ2) is 10.2. The molecule has 0 unspecified atom stereocenters. The number of carbonyl (C=O) groups excluding carboxylic acids is 1. The Hall–Kier alpha value is -3.86. The molecule has 3 aromatic rings. The zero-order chi connectivity index (χ0) is 25.0. The minimum absolute atomic E-state index is 0.0477. The van der Waals surface area contributed by atoms with Crippen LogP contribution in [-0.2, 0) is 21.6 Å². The monoisotopic (exact) mass is 469 g/mol. The first-order valence-electron chi connectivity index (χ1n) is 11.8. The van der Waals surface area contributed by atoms with E-state index in [4.69, 9.17) is 14.2 Å². The van der Waals surface area contributed by atoms with Crippen LogP contribution in [0.25, 0.3) is 6.08 Å². The smallest absolute Gasteiger partial charge is 0.363 e.